The Labute approximate surface area is 142 Å². The van der Waals surface area contributed by atoms with Gasteiger partial charge in [0.25, 0.3) is 0 Å². The van der Waals surface area contributed by atoms with Gasteiger partial charge in [-0.2, -0.15) is 10.4 Å². The van der Waals surface area contributed by atoms with Crippen LogP contribution in [0.2, 0.25) is 0 Å². The van der Waals surface area contributed by atoms with Crippen LogP contribution in [0.15, 0.2) is 36.5 Å². The van der Waals surface area contributed by atoms with E-state index in [4.69, 9.17) is 0 Å². The van der Waals surface area contributed by atoms with E-state index in [1.165, 1.54) is 16.8 Å². The van der Waals surface area contributed by atoms with Crippen LogP contribution in [-0.2, 0) is 23.7 Å². The van der Waals surface area contributed by atoms with Crippen molar-refractivity contribution in [3.63, 3.8) is 0 Å². The predicted octanol–water partition coefficient (Wildman–Crippen LogP) is 3.02. The number of rotatable bonds is 1. The molecule has 1 aromatic carbocycles. The minimum atomic E-state index is -0.544. The molecular weight excluding hydrogens is 298 g/mol. The molecule has 0 spiro atoms. The summed E-state index contributed by atoms with van der Waals surface area (Å²) >= 11 is 0. The lowest BCUT2D eigenvalue weighted by Crippen LogP contribution is -2.53. The molecule has 4 heteroatoms. The lowest BCUT2D eigenvalue weighted by molar-refractivity contribution is -0.131. The molecule has 0 amide bonds. The number of benzene rings is 1. The van der Waals surface area contributed by atoms with Crippen LogP contribution in [-0.4, -0.2) is 15.6 Å². The van der Waals surface area contributed by atoms with Crippen LogP contribution in [0.3, 0.4) is 0 Å². The second-order valence-electron chi connectivity index (χ2n) is 7.20. The molecule has 122 valence electrons. The van der Waals surface area contributed by atoms with E-state index in [1.807, 2.05) is 43.0 Å². The fourth-order valence-electron chi connectivity index (χ4n) is 5.15. The van der Waals surface area contributed by atoms with Crippen molar-refractivity contribution >= 4 is 5.78 Å². The molecule has 1 aromatic heterocycles. The molecule has 1 unspecified atom stereocenters. The van der Waals surface area contributed by atoms with Crippen LogP contribution in [0.4, 0.5) is 0 Å². The molecule has 4 atom stereocenters. The third-order valence-corrected chi connectivity index (χ3v) is 6.16. The van der Waals surface area contributed by atoms with E-state index < -0.39 is 5.92 Å². The van der Waals surface area contributed by atoms with Crippen molar-refractivity contribution in [2.75, 3.05) is 0 Å². The van der Waals surface area contributed by atoms with Gasteiger partial charge in [-0.15, -0.1) is 0 Å². The number of Topliss-reactive ketones (excluding diaryl/α,β-unsaturated/α-hetero) is 1. The molecule has 2 aromatic rings. The maximum Gasteiger partial charge on any atom is 0.153 e. The maximum atomic E-state index is 12.7. The Morgan fingerprint density at radius 3 is 2.79 bits per heavy atom. The van der Waals surface area contributed by atoms with Crippen LogP contribution in [0.25, 0.3) is 0 Å². The zero-order chi connectivity index (χ0) is 16.9. The van der Waals surface area contributed by atoms with Gasteiger partial charge in [-0.3, -0.25) is 9.48 Å². The Kier molecular flexibility index (Phi) is 3.35. The smallest absolute Gasteiger partial charge is 0.153 e. The number of ketones is 1. The summed E-state index contributed by atoms with van der Waals surface area (Å²) in [5, 5.41) is 14.1. The topological polar surface area (TPSA) is 58.7 Å². The van der Waals surface area contributed by atoms with Crippen LogP contribution in [0.5, 0.6) is 0 Å². The summed E-state index contributed by atoms with van der Waals surface area (Å²) in [6.45, 7) is 2.01. The van der Waals surface area contributed by atoms with Crippen molar-refractivity contribution in [2.45, 2.75) is 31.6 Å². The van der Waals surface area contributed by atoms with E-state index in [1.54, 1.807) is 0 Å². The normalized spacial score (nSPS) is 31.9. The minimum Gasteiger partial charge on any atom is -0.298 e. The summed E-state index contributed by atoms with van der Waals surface area (Å²) in [6, 6.07) is 12.7. The molecular formula is C20H21N3O. The molecule has 4 rings (SSSR count). The SMILES string of the molecule is C[C@@H]1C(=O)C(C#N)C[C@@]2(c3ccccc3)c3c(cnn3C)CC[C@@H]12. The largest absolute Gasteiger partial charge is 0.298 e. The van der Waals surface area contributed by atoms with Crippen LogP contribution in [0, 0.1) is 29.1 Å². The molecule has 1 heterocycles. The van der Waals surface area contributed by atoms with Gasteiger partial charge in [0.1, 0.15) is 5.92 Å². The minimum absolute atomic E-state index is 0.105. The first-order chi connectivity index (χ1) is 11.6. The molecule has 0 aliphatic heterocycles. The van der Waals surface area contributed by atoms with Crippen LogP contribution >= 0.6 is 0 Å². The third-order valence-electron chi connectivity index (χ3n) is 6.16. The molecule has 1 fully saturated rings. The van der Waals surface area contributed by atoms with E-state index >= 15 is 0 Å². The molecule has 4 nitrogen and oxygen atoms in total. The highest BCUT2D eigenvalue weighted by molar-refractivity contribution is 5.87. The van der Waals surface area contributed by atoms with E-state index in [0.29, 0.717) is 6.42 Å². The highest BCUT2D eigenvalue weighted by Gasteiger charge is 2.56. The Morgan fingerprint density at radius 1 is 1.33 bits per heavy atom. The summed E-state index contributed by atoms with van der Waals surface area (Å²) in [5.74, 6) is -0.316. The second-order valence-corrected chi connectivity index (χ2v) is 7.20. The zero-order valence-electron chi connectivity index (χ0n) is 14.1. The number of nitrogens with zero attached hydrogens (tertiary/aromatic N) is 3. The number of hydrogen-bond acceptors (Lipinski definition) is 3. The Hall–Kier alpha value is -2.41. The Balaban J connectivity index is 2.02. The molecule has 0 radical (unpaired) electrons. The van der Waals surface area contributed by atoms with Crippen LogP contribution in [0.1, 0.15) is 36.6 Å². The van der Waals surface area contributed by atoms with Gasteiger partial charge in [-0.25, -0.2) is 0 Å². The van der Waals surface area contributed by atoms with Crippen molar-refractivity contribution in [1.29, 1.82) is 5.26 Å². The summed E-state index contributed by atoms with van der Waals surface area (Å²) in [6.07, 6.45) is 4.45. The second kappa shape index (κ2) is 5.31. The first-order valence-corrected chi connectivity index (χ1v) is 8.60. The van der Waals surface area contributed by atoms with Gasteiger partial charge >= 0.3 is 0 Å². The third kappa shape index (κ3) is 1.84. The fraction of sp³-hybridized carbons (Fsp3) is 0.450. The standard InChI is InChI=1S/C20H21N3O/c1-13-17-9-8-14-12-22-23(2)19(14)20(17,10-15(11-21)18(13)24)16-6-4-3-5-7-16/h3-7,12-13,15,17H,8-10H2,1-2H3/t13-,15?,17-,20-/m0/s1. The number of aryl methyl sites for hydroxylation is 2. The maximum absolute atomic E-state index is 12.7. The highest BCUT2D eigenvalue weighted by atomic mass is 16.1. The highest BCUT2D eigenvalue weighted by Crippen LogP contribution is 2.55. The Morgan fingerprint density at radius 2 is 2.08 bits per heavy atom. The van der Waals surface area contributed by atoms with Crippen molar-refractivity contribution < 1.29 is 4.79 Å². The number of fused-ring (bicyclic) bond motifs is 3. The molecule has 0 N–H and O–H groups in total. The Bertz CT molecular complexity index is 832. The first kappa shape index (κ1) is 15.1. The van der Waals surface area contributed by atoms with Crippen molar-refractivity contribution in [3.8, 4) is 6.07 Å². The van der Waals surface area contributed by atoms with E-state index in [-0.39, 0.29) is 23.0 Å². The summed E-state index contributed by atoms with van der Waals surface area (Å²) in [7, 11) is 1.98. The quantitative estimate of drug-likeness (QED) is 0.812. The van der Waals surface area contributed by atoms with E-state index in [0.717, 1.165) is 12.8 Å². The fourth-order valence-corrected chi connectivity index (χ4v) is 5.15. The summed E-state index contributed by atoms with van der Waals surface area (Å²) in [5.41, 5.74) is 3.37. The van der Waals surface area contributed by atoms with Gasteiger partial charge in [0.15, 0.2) is 5.78 Å². The predicted molar refractivity (Wildman–Crippen MR) is 90.1 cm³/mol. The van der Waals surface area contributed by atoms with Crippen LogP contribution < -0.4 is 0 Å². The average molecular weight is 319 g/mol. The average Bonchev–Trinajstić information content (AvgIpc) is 3.00. The van der Waals surface area contributed by atoms with Gasteiger partial charge in [0.05, 0.1) is 18.0 Å². The number of aromatic nitrogens is 2. The summed E-state index contributed by atoms with van der Waals surface area (Å²) in [4.78, 5) is 12.7. The summed E-state index contributed by atoms with van der Waals surface area (Å²) < 4.78 is 1.96. The van der Waals surface area contributed by atoms with Crippen molar-refractivity contribution in [3.05, 3.63) is 53.3 Å². The monoisotopic (exact) mass is 319 g/mol. The number of hydrogen-bond donors (Lipinski definition) is 0. The number of nitriles is 1. The molecule has 24 heavy (non-hydrogen) atoms. The number of carbonyl (C=O) groups is 1. The van der Waals surface area contributed by atoms with E-state index in [9.17, 15) is 10.1 Å². The van der Waals surface area contributed by atoms with Crippen molar-refractivity contribution in [2.24, 2.45) is 24.8 Å². The molecule has 0 saturated heterocycles. The molecule has 2 aliphatic carbocycles. The van der Waals surface area contributed by atoms with Gasteiger partial charge in [-0.1, -0.05) is 37.3 Å². The van der Waals surface area contributed by atoms with Gasteiger partial charge < -0.3 is 0 Å². The van der Waals surface area contributed by atoms with Gasteiger partial charge in [0.2, 0.25) is 0 Å². The van der Waals surface area contributed by atoms with Gasteiger partial charge in [0, 0.05) is 18.4 Å². The zero-order valence-corrected chi connectivity index (χ0v) is 14.1. The molecule has 0 bridgehead atoms. The molecule has 2 aliphatic rings. The lowest BCUT2D eigenvalue weighted by atomic mass is 9.51. The number of carbonyl (C=O) groups excluding carboxylic acids is 1. The van der Waals surface area contributed by atoms with Gasteiger partial charge in [-0.05, 0) is 36.3 Å². The molecule has 1 saturated carbocycles. The lowest BCUT2D eigenvalue weighted by Gasteiger charge is -2.51. The van der Waals surface area contributed by atoms with Crippen molar-refractivity contribution in [1.82, 2.24) is 9.78 Å². The first-order valence-electron chi connectivity index (χ1n) is 8.60. The van der Waals surface area contributed by atoms with E-state index in [2.05, 4.69) is 23.3 Å².